The van der Waals surface area contributed by atoms with Crippen molar-refractivity contribution in [2.75, 3.05) is 19.8 Å². The van der Waals surface area contributed by atoms with Crippen molar-refractivity contribution >= 4 is 0 Å². The maximum Gasteiger partial charge on any atom is 0.165 e. The molecule has 1 heterocycles. The molecule has 3 heteroatoms. The average Bonchev–Trinajstić information content (AvgIpc) is 3.11. The molecule has 0 saturated heterocycles. The monoisotopic (exact) mass is 219 g/mol. The van der Waals surface area contributed by atoms with E-state index in [-0.39, 0.29) is 5.41 Å². The van der Waals surface area contributed by atoms with E-state index < -0.39 is 0 Å². The van der Waals surface area contributed by atoms with E-state index in [9.17, 15) is 0 Å². The summed E-state index contributed by atoms with van der Waals surface area (Å²) in [6.45, 7) is 4.04. The van der Waals surface area contributed by atoms with Crippen molar-refractivity contribution in [3.05, 3.63) is 23.3 Å². The van der Waals surface area contributed by atoms with Gasteiger partial charge in [-0.3, -0.25) is 0 Å². The molecule has 16 heavy (non-hydrogen) atoms. The van der Waals surface area contributed by atoms with Crippen LogP contribution in [-0.4, -0.2) is 19.8 Å². The topological polar surface area (TPSA) is 44.5 Å². The molecule has 1 aliphatic heterocycles. The molecule has 0 bridgehead atoms. The molecule has 0 unspecified atom stereocenters. The number of fused-ring (bicyclic) bond motifs is 1. The second-order valence-electron chi connectivity index (χ2n) is 4.77. The predicted molar refractivity (Wildman–Crippen MR) is 62.1 cm³/mol. The van der Waals surface area contributed by atoms with Gasteiger partial charge in [-0.25, -0.2) is 0 Å². The fourth-order valence-corrected chi connectivity index (χ4v) is 2.42. The first-order valence-electron chi connectivity index (χ1n) is 5.87. The Bertz CT molecular complexity index is 424. The van der Waals surface area contributed by atoms with Crippen LogP contribution in [0.2, 0.25) is 0 Å². The van der Waals surface area contributed by atoms with E-state index in [0.717, 1.165) is 17.1 Å². The second kappa shape index (κ2) is 3.39. The van der Waals surface area contributed by atoms with Gasteiger partial charge in [0.05, 0.1) is 0 Å². The van der Waals surface area contributed by atoms with E-state index in [2.05, 4.69) is 19.1 Å². The number of hydrogen-bond donors (Lipinski definition) is 1. The van der Waals surface area contributed by atoms with Gasteiger partial charge in [-0.15, -0.1) is 0 Å². The van der Waals surface area contributed by atoms with Gasteiger partial charge in [0.15, 0.2) is 11.5 Å². The summed E-state index contributed by atoms with van der Waals surface area (Å²) in [6, 6.07) is 4.27. The van der Waals surface area contributed by atoms with Crippen LogP contribution in [0.4, 0.5) is 0 Å². The van der Waals surface area contributed by atoms with Crippen molar-refractivity contribution in [1.82, 2.24) is 0 Å². The summed E-state index contributed by atoms with van der Waals surface area (Å²) in [7, 11) is 0. The van der Waals surface area contributed by atoms with E-state index in [4.69, 9.17) is 15.2 Å². The third-order valence-electron chi connectivity index (χ3n) is 3.70. The highest BCUT2D eigenvalue weighted by atomic mass is 16.6. The summed E-state index contributed by atoms with van der Waals surface area (Å²) in [4.78, 5) is 0. The summed E-state index contributed by atoms with van der Waals surface area (Å²) < 4.78 is 11.5. The molecule has 1 fully saturated rings. The maximum absolute atomic E-state index is 5.88. The Hall–Kier alpha value is -1.22. The van der Waals surface area contributed by atoms with Crippen molar-refractivity contribution in [3.8, 4) is 11.5 Å². The molecule has 0 amide bonds. The number of hydrogen-bond acceptors (Lipinski definition) is 3. The smallest absolute Gasteiger partial charge is 0.165 e. The zero-order valence-electron chi connectivity index (χ0n) is 9.58. The first-order chi connectivity index (χ1) is 7.77. The molecule has 1 aromatic rings. The number of benzene rings is 1. The molecular formula is C13H17NO2. The van der Waals surface area contributed by atoms with Crippen LogP contribution < -0.4 is 15.2 Å². The van der Waals surface area contributed by atoms with Gasteiger partial charge in [-0.1, -0.05) is 12.1 Å². The summed E-state index contributed by atoms with van der Waals surface area (Å²) >= 11 is 0. The van der Waals surface area contributed by atoms with Gasteiger partial charge in [-0.2, -0.15) is 0 Å². The molecule has 0 radical (unpaired) electrons. The summed E-state index contributed by atoms with van der Waals surface area (Å²) in [6.07, 6.45) is 2.34. The largest absolute Gasteiger partial charge is 0.486 e. The minimum absolute atomic E-state index is 0.165. The van der Waals surface area contributed by atoms with Gasteiger partial charge < -0.3 is 15.2 Å². The number of rotatable bonds is 2. The van der Waals surface area contributed by atoms with E-state index in [1.54, 1.807) is 0 Å². The first kappa shape index (κ1) is 9.97. The van der Waals surface area contributed by atoms with Crippen LogP contribution >= 0.6 is 0 Å². The van der Waals surface area contributed by atoms with Gasteiger partial charge in [0, 0.05) is 17.5 Å². The highest BCUT2D eigenvalue weighted by Crippen LogP contribution is 2.53. The molecular weight excluding hydrogens is 202 g/mol. The quantitative estimate of drug-likeness (QED) is 0.824. The minimum atomic E-state index is 0.165. The molecule has 3 rings (SSSR count). The Morgan fingerprint density at radius 2 is 1.88 bits per heavy atom. The zero-order valence-corrected chi connectivity index (χ0v) is 9.58. The number of ether oxygens (including phenoxy) is 2. The number of nitrogens with two attached hydrogens (primary N) is 1. The van der Waals surface area contributed by atoms with Gasteiger partial charge in [0.2, 0.25) is 0 Å². The van der Waals surface area contributed by atoms with Crippen LogP contribution in [0, 0.1) is 6.92 Å². The SMILES string of the molecule is Cc1ccc(C2(CN)CC2)c2c1OCCO2. The molecule has 1 aliphatic carbocycles. The van der Waals surface area contributed by atoms with E-state index in [1.165, 1.54) is 18.4 Å². The number of aryl methyl sites for hydroxylation is 1. The van der Waals surface area contributed by atoms with Gasteiger partial charge in [0.25, 0.3) is 0 Å². The zero-order chi connectivity index (χ0) is 11.2. The van der Waals surface area contributed by atoms with Crippen molar-refractivity contribution in [2.24, 2.45) is 5.73 Å². The molecule has 0 spiro atoms. The van der Waals surface area contributed by atoms with Gasteiger partial charge in [-0.05, 0) is 25.3 Å². The highest BCUT2D eigenvalue weighted by molar-refractivity contribution is 5.56. The molecule has 1 aromatic carbocycles. The Morgan fingerprint density at radius 1 is 1.19 bits per heavy atom. The molecule has 2 N–H and O–H groups in total. The van der Waals surface area contributed by atoms with Crippen LogP contribution in [0.1, 0.15) is 24.0 Å². The minimum Gasteiger partial charge on any atom is -0.486 e. The third-order valence-corrected chi connectivity index (χ3v) is 3.70. The van der Waals surface area contributed by atoms with Gasteiger partial charge in [0.1, 0.15) is 13.2 Å². The van der Waals surface area contributed by atoms with Crippen LogP contribution in [0.15, 0.2) is 12.1 Å². The average molecular weight is 219 g/mol. The van der Waals surface area contributed by atoms with Crippen LogP contribution in [0.3, 0.4) is 0 Å². The molecule has 2 aliphatic rings. The standard InChI is InChI=1S/C13H17NO2/c1-9-2-3-10(13(8-14)4-5-13)12-11(9)15-6-7-16-12/h2-3H,4-8,14H2,1H3. The lowest BCUT2D eigenvalue weighted by atomic mass is 9.93. The van der Waals surface area contributed by atoms with Crippen molar-refractivity contribution in [2.45, 2.75) is 25.2 Å². The van der Waals surface area contributed by atoms with Crippen molar-refractivity contribution in [1.29, 1.82) is 0 Å². The maximum atomic E-state index is 5.88. The van der Waals surface area contributed by atoms with E-state index in [0.29, 0.717) is 19.8 Å². The molecule has 86 valence electrons. The third kappa shape index (κ3) is 1.31. The Labute approximate surface area is 95.5 Å². The molecule has 3 nitrogen and oxygen atoms in total. The van der Waals surface area contributed by atoms with Crippen molar-refractivity contribution in [3.63, 3.8) is 0 Å². The molecule has 0 atom stereocenters. The molecule has 0 aromatic heterocycles. The second-order valence-corrected chi connectivity index (χ2v) is 4.77. The van der Waals surface area contributed by atoms with E-state index >= 15 is 0 Å². The van der Waals surface area contributed by atoms with Crippen LogP contribution in [0.5, 0.6) is 11.5 Å². The summed E-state index contributed by atoms with van der Waals surface area (Å²) in [5.41, 5.74) is 8.43. The van der Waals surface area contributed by atoms with Crippen LogP contribution in [-0.2, 0) is 5.41 Å². The Balaban J connectivity index is 2.12. The lowest BCUT2D eigenvalue weighted by molar-refractivity contribution is 0.167. The van der Waals surface area contributed by atoms with E-state index in [1.807, 2.05) is 0 Å². The summed E-state index contributed by atoms with van der Waals surface area (Å²) in [5.74, 6) is 1.86. The first-order valence-corrected chi connectivity index (χ1v) is 5.87. The predicted octanol–water partition coefficient (Wildman–Crippen LogP) is 1.76. The molecule has 1 saturated carbocycles. The Morgan fingerprint density at radius 3 is 2.50 bits per heavy atom. The van der Waals surface area contributed by atoms with Crippen molar-refractivity contribution < 1.29 is 9.47 Å². The fraction of sp³-hybridized carbons (Fsp3) is 0.538. The Kier molecular flexibility index (Phi) is 2.11. The van der Waals surface area contributed by atoms with Gasteiger partial charge >= 0.3 is 0 Å². The normalized spacial score (nSPS) is 20.6. The lowest BCUT2D eigenvalue weighted by Crippen LogP contribution is -2.24. The fourth-order valence-electron chi connectivity index (χ4n) is 2.42. The highest BCUT2D eigenvalue weighted by Gasteiger charge is 2.46. The van der Waals surface area contributed by atoms with Crippen LogP contribution in [0.25, 0.3) is 0 Å². The lowest BCUT2D eigenvalue weighted by Gasteiger charge is -2.25. The summed E-state index contributed by atoms with van der Waals surface area (Å²) in [5, 5.41) is 0.